The molecule has 5 nitrogen and oxygen atoms in total. The predicted molar refractivity (Wildman–Crippen MR) is 119 cm³/mol. The van der Waals surface area contributed by atoms with Crippen molar-refractivity contribution in [2.75, 3.05) is 17.3 Å². The van der Waals surface area contributed by atoms with E-state index in [9.17, 15) is 9.90 Å². The van der Waals surface area contributed by atoms with E-state index in [-0.39, 0.29) is 5.41 Å². The molecule has 1 heterocycles. The van der Waals surface area contributed by atoms with Gasteiger partial charge in [-0.1, -0.05) is 57.2 Å². The van der Waals surface area contributed by atoms with Crippen LogP contribution in [0.2, 0.25) is 0 Å². The molecule has 0 unspecified atom stereocenters. The molecule has 0 radical (unpaired) electrons. The lowest BCUT2D eigenvalue weighted by molar-refractivity contribution is -0.306. The first-order valence-electron chi connectivity index (χ1n) is 9.63. The smallest absolute Gasteiger partial charge is 0.162 e. The third-order valence-corrected chi connectivity index (χ3v) is 5.46. The number of hydrogen-bond donors (Lipinski definition) is 1. The fraction of sp³-hybridized carbons (Fsp3) is 0.348. The molecule has 0 saturated heterocycles. The fourth-order valence-corrected chi connectivity index (χ4v) is 3.56. The van der Waals surface area contributed by atoms with Crippen molar-refractivity contribution >= 4 is 34.5 Å². The second-order valence-corrected chi connectivity index (χ2v) is 9.02. The molecule has 0 bridgehead atoms. The summed E-state index contributed by atoms with van der Waals surface area (Å²) < 4.78 is 0. The lowest BCUT2D eigenvalue weighted by Crippen LogP contribution is -2.41. The van der Waals surface area contributed by atoms with Crippen LogP contribution in [0.5, 0.6) is 0 Å². The summed E-state index contributed by atoms with van der Waals surface area (Å²) in [5.41, 5.74) is 2.95. The predicted octanol–water partition coefficient (Wildman–Crippen LogP) is 3.88. The molecule has 6 heteroatoms. The zero-order valence-corrected chi connectivity index (χ0v) is 18.0. The number of nitrogens with one attached hydrogen (secondary N) is 1. The number of fused-ring (bicyclic) bond motifs is 1. The molecular weight excluding hydrogens is 382 g/mol. The molecule has 0 fully saturated rings. The standard InChI is InChI=1S/C23H27N3O2S/c1-23(2,3)16-11-9-15(10-12-16)20-24-18-8-6-5-7-17(18)21(26-20)25-19(22(27)28)13-14-29-4/h5-12,19H,13-14H2,1-4H3,(H,27,28)(H,24,25,26)/p-1/t19-/m1/s1. The maximum atomic E-state index is 11.6. The Morgan fingerprint density at radius 2 is 1.79 bits per heavy atom. The van der Waals surface area contributed by atoms with Crippen LogP contribution in [0.25, 0.3) is 22.3 Å². The van der Waals surface area contributed by atoms with Gasteiger partial charge >= 0.3 is 0 Å². The molecule has 0 aliphatic heterocycles. The number of aromatic nitrogens is 2. The second kappa shape index (κ2) is 8.82. The zero-order valence-electron chi connectivity index (χ0n) is 17.2. The first-order valence-corrected chi connectivity index (χ1v) is 11.0. The summed E-state index contributed by atoms with van der Waals surface area (Å²) in [6.45, 7) is 6.52. The summed E-state index contributed by atoms with van der Waals surface area (Å²) in [5.74, 6) is 0.669. The third-order valence-electron chi connectivity index (χ3n) is 4.82. The summed E-state index contributed by atoms with van der Waals surface area (Å²) in [4.78, 5) is 21.0. The first-order chi connectivity index (χ1) is 13.8. The van der Waals surface area contributed by atoms with Gasteiger partial charge in [0.15, 0.2) is 5.82 Å². The number of benzene rings is 2. The Labute approximate surface area is 176 Å². The number of aliphatic carboxylic acids is 1. The van der Waals surface area contributed by atoms with E-state index in [2.05, 4.69) is 43.2 Å². The topological polar surface area (TPSA) is 77.9 Å². The molecule has 1 atom stereocenters. The Morgan fingerprint density at radius 1 is 1.10 bits per heavy atom. The fourth-order valence-electron chi connectivity index (χ4n) is 3.08. The molecular formula is C23H26N3O2S-. The van der Waals surface area contributed by atoms with Crippen molar-refractivity contribution < 1.29 is 9.90 Å². The number of carboxylic acids is 1. The summed E-state index contributed by atoms with van der Waals surface area (Å²) in [6.07, 6.45) is 2.41. The highest BCUT2D eigenvalue weighted by Crippen LogP contribution is 2.28. The van der Waals surface area contributed by atoms with Crippen LogP contribution in [0.4, 0.5) is 5.82 Å². The lowest BCUT2D eigenvalue weighted by atomic mass is 9.87. The van der Waals surface area contributed by atoms with Crippen LogP contribution >= 0.6 is 11.8 Å². The monoisotopic (exact) mass is 408 g/mol. The average molecular weight is 409 g/mol. The van der Waals surface area contributed by atoms with Gasteiger partial charge in [-0.25, -0.2) is 9.97 Å². The number of para-hydroxylation sites is 1. The van der Waals surface area contributed by atoms with Crippen LogP contribution < -0.4 is 10.4 Å². The second-order valence-electron chi connectivity index (χ2n) is 8.04. The highest BCUT2D eigenvalue weighted by molar-refractivity contribution is 7.98. The van der Waals surface area contributed by atoms with Gasteiger partial charge in [-0.05, 0) is 41.5 Å². The highest BCUT2D eigenvalue weighted by Gasteiger charge is 2.16. The molecule has 0 spiro atoms. The number of anilines is 1. The maximum Gasteiger partial charge on any atom is 0.162 e. The summed E-state index contributed by atoms with van der Waals surface area (Å²) in [7, 11) is 0. The largest absolute Gasteiger partial charge is 0.548 e. The number of nitrogens with zero attached hydrogens (tertiary/aromatic N) is 2. The van der Waals surface area contributed by atoms with Gasteiger partial charge in [0.1, 0.15) is 5.82 Å². The van der Waals surface area contributed by atoms with E-state index in [0.29, 0.717) is 18.1 Å². The van der Waals surface area contributed by atoms with E-state index >= 15 is 0 Å². The van der Waals surface area contributed by atoms with Crippen molar-refractivity contribution in [3.63, 3.8) is 0 Å². The van der Waals surface area contributed by atoms with Gasteiger partial charge in [0.25, 0.3) is 0 Å². The van der Waals surface area contributed by atoms with Crippen LogP contribution in [0.15, 0.2) is 48.5 Å². The van der Waals surface area contributed by atoms with Crippen molar-refractivity contribution in [3.05, 3.63) is 54.1 Å². The van der Waals surface area contributed by atoms with Crippen molar-refractivity contribution in [2.45, 2.75) is 38.6 Å². The molecule has 0 amide bonds. The number of carbonyl (C=O) groups is 1. The van der Waals surface area contributed by atoms with E-state index in [1.807, 2.05) is 42.7 Å². The van der Waals surface area contributed by atoms with Crippen LogP contribution in [0.1, 0.15) is 32.8 Å². The summed E-state index contributed by atoms with van der Waals surface area (Å²) >= 11 is 1.60. The molecule has 2 aromatic carbocycles. The van der Waals surface area contributed by atoms with Gasteiger partial charge in [-0.2, -0.15) is 11.8 Å². The molecule has 0 aliphatic carbocycles. The Balaban J connectivity index is 2.03. The quantitative estimate of drug-likeness (QED) is 0.639. The number of carboxylic acid groups (broad SMARTS) is 1. The van der Waals surface area contributed by atoms with Crippen LogP contribution in [-0.4, -0.2) is 34.0 Å². The van der Waals surface area contributed by atoms with Crippen LogP contribution in [0, 0.1) is 0 Å². The minimum absolute atomic E-state index is 0.0640. The van der Waals surface area contributed by atoms with Crippen molar-refractivity contribution in [1.82, 2.24) is 9.97 Å². The van der Waals surface area contributed by atoms with Crippen LogP contribution in [0.3, 0.4) is 0 Å². The van der Waals surface area contributed by atoms with Crippen LogP contribution in [-0.2, 0) is 10.2 Å². The van der Waals surface area contributed by atoms with E-state index < -0.39 is 12.0 Å². The SMILES string of the molecule is CSCC[C@@H](Nc1nc(-c2ccc(C(C)(C)C)cc2)nc2ccccc12)C(=O)[O-]. The van der Waals surface area contributed by atoms with Gasteiger partial charge in [0.2, 0.25) is 0 Å². The number of rotatable bonds is 7. The zero-order chi connectivity index (χ0) is 21.0. The lowest BCUT2D eigenvalue weighted by Gasteiger charge is -2.21. The summed E-state index contributed by atoms with van der Waals surface area (Å²) in [6, 6.07) is 15.0. The van der Waals surface area contributed by atoms with E-state index in [4.69, 9.17) is 4.98 Å². The van der Waals surface area contributed by atoms with Gasteiger partial charge in [-0.3, -0.25) is 0 Å². The number of thioether (sulfide) groups is 1. The molecule has 3 rings (SSSR count). The van der Waals surface area contributed by atoms with Gasteiger partial charge in [-0.15, -0.1) is 0 Å². The number of hydrogen-bond acceptors (Lipinski definition) is 6. The Kier molecular flexibility index (Phi) is 6.42. The first kappa shape index (κ1) is 21.1. The van der Waals surface area contributed by atoms with E-state index in [0.717, 1.165) is 22.2 Å². The minimum Gasteiger partial charge on any atom is -0.548 e. The Hall–Kier alpha value is -2.60. The molecule has 0 aliphatic rings. The minimum atomic E-state index is -1.13. The molecule has 3 aromatic rings. The third kappa shape index (κ3) is 5.07. The Morgan fingerprint density at radius 3 is 2.41 bits per heavy atom. The van der Waals surface area contributed by atoms with Gasteiger partial charge in [0.05, 0.1) is 17.5 Å². The molecule has 152 valence electrons. The molecule has 1 N–H and O–H groups in total. The normalized spacial score (nSPS) is 12.7. The molecule has 29 heavy (non-hydrogen) atoms. The maximum absolute atomic E-state index is 11.6. The van der Waals surface area contributed by atoms with Crippen molar-refractivity contribution in [2.24, 2.45) is 0 Å². The average Bonchev–Trinajstić information content (AvgIpc) is 2.70. The van der Waals surface area contributed by atoms with Crippen molar-refractivity contribution in [1.29, 1.82) is 0 Å². The highest BCUT2D eigenvalue weighted by atomic mass is 32.2. The number of carbonyl (C=O) groups excluding carboxylic acids is 1. The van der Waals surface area contributed by atoms with E-state index in [1.54, 1.807) is 11.8 Å². The van der Waals surface area contributed by atoms with Gasteiger partial charge < -0.3 is 15.2 Å². The van der Waals surface area contributed by atoms with Gasteiger partial charge in [0, 0.05) is 10.9 Å². The molecule has 0 saturated carbocycles. The molecule has 1 aromatic heterocycles. The summed E-state index contributed by atoms with van der Waals surface area (Å²) in [5, 5.41) is 15.5. The van der Waals surface area contributed by atoms with E-state index in [1.165, 1.54) is 5.56 Å². The Bertz CT molecular complexity index is 997. The van der Waals surface area contributed by atoms with Crippen molar-refractivity contribution in [3.8, 4) is 11.4 Å².